The van der Waals surface area contributed by atoms with Crippen LogP contribution in [-0.2, 0) is 4.79 Å². The van der Waals surface area contributed by atoms with Crippen molar-refractivity contribution in [2.45, 2.75) is 18.9 Å². The molecule has 0 saturated heterocycles. The highest BCUT2D eigenvalue weighted by Gasteiger charge is 2.24. The van der Waals surface area contributed by atoms with E-state index in [-0.39, 0.29) is 17.4 Å². The minimum Gasteiger partial charge on any atom is -0.493 e. The van der Waals surface area contributed by atoms with E-state index in [9.17, 15) is 9.59 Å². The van der Waals surface area contributed by atoms with E-state index in [4.69, 9.17) is 14.6 Å². The normalized spacial score (nSPS) is 13.4. The average molecular weight is 353 g/mol. The molecule has 0 heterocycles. The summed E-state index contributed by atoms with van der Waals surface area (Å²) in [6, 6.07) is 11.7. The van der Waals surface area contributed by atoms with Crippen molar-refractivity contribution < 1.29 is 24.2 Å². The number of rotatable bonds is 7. The fraction of sp³-hybridized carbons (Fsp3) is 0.200. The number of carboxylic acids is 1. The summed E-state index contributed by atoms with van der Waals surface area (Å²) in [5.41, 5.74) is 1.06. The van der Waals surface area contributed by atoms with Gasteiger partial charge in [-0.1, -0.05) is 18.2 Å². The maximum atomic E-state index is 12.1. The maximum absolute atomic E-state index is 12.1. The van der Waals surface area contributed by atoms with Gasteiger partial charge in [-0.3, -0.25) is 4.79 Å². The van der Waals surface area contributed by atoms with Crippen LogP contribution in [0.1, 0.15) is 28.8 Å². The maximum Gasteiger partial charge on any atom is 0.337 e. The smallest absolute Gasteiger partial charge is 0.337 e. The fourth-order valence-electron chi connectivity index (χ4n) is 2.38. The van der Waals surface area contributed by atoms with Crippen molar-refractivity contribution in [2.24, 2.45) is 0 Å². The second-order valence-electron chi connectivity index (χ2n) is 5.90. The first-order valence-electron chi connectivity index (χ1n) is 8.23. The lowest BCUT2D eigenvalue weighted by molar-refractivity contribution is -0.111. The lowest BCUT2D eigenvalue weighted by Crippen LogP contribution is -2.11. The number of amides is 1. The van der Waals surface area contributed by atoms with E-state index >= 15 is 0 Å². The summed E-state index contributed by atoms with van der Waals surface area (Å²) in [7, 11) is 1.57. The highest BCUT2D eigenvalue weighted by molar-refractivity contribution is 6.06. The van der Waals surface area contributed by atoms with E-state index in [2.05, 4.69) is 5.32 Å². The Kier molecular flexibility index (Phi) is 5.22. The third-order valence-electron chi connectivity index (χ3n) is 3.85. The number of hydrogen-bond donors (Lipinski definition) is 2. The molecule has 0 spiro atoms. The Morgan fingerprint density at radius 3 is 2.62 bits per heavy atom. The number of aromatic carboxylic acids is 1. The molecule has 2 aromatic carbocycles. The van der Waals surface area contributed by atoms with Crippen LogP contribution in [0.4, 0.5) is 5.69 Å². The van der Waals surface area contributed by atoms with E-state index in [0.29, 0.717) is 11.5 Å². The van der Waals surface area contributed by atoms with Crippen molar-refractivity contribution >= 4 is 23.6 Å². The number of methoxy groups -OCH3 is 1. The molecule has 0 aromatic heterocycles. The van der Waals surface area contributed by atoms with Crippen molar-refractivity contribution in [2.75, 3.05) is 12.4 Å². The second-order valence-corrected chi connectivity index (χ2v) is 5.90. The van der Waals surface area contributed by atoms with Crippen LogP contribution < -0.4 is 14.8 Å². The number of carbonyl (C=O) groups excluding carboxylic acids is 1. The van der Waals surface area contributed by atoms with Gasteiger partial charge in [-0.15, -0.1) is 0 Å². The van der Waals surface area contributed by atoms with E-state index in [0.717, 1.165) is 18.4 Å². The quantitative estimate of drug-likeness (QED) is 0.743. The molecule has 0 unspecified atom stereocenters. The van der Waals surface area contributed by atoms with Gasteiger partial charge in [0.1, 0.15) is 0 Å². The zero-order chi connectivity index (χ0) is 18.5. The summed E-state index contributed by atoms with van der Waals surface area (Å²) in [6.45, 7) is 0. The Bertz CT molecular complexity index is 855. The van der Waals surface area contributed by atoms with Gasteiger partial charge in [0.05, 0.1) is 24.5 Å². The molecule has 3 rings (SSSR count). The van der Waals surface area contributed by atoms with Crippen molar-refractivity contribution in [3.63, 3.8) is 0 Å². The number of carbonyl (C=O) groups is 2. The average Bonchev–Trinajstić information content (AvgIpc) is 3.45. The highest BCUT2D eigenvalue weighted by atomic mass is 16.5. The predicted molar refractivity (Wildman–Crippen MR) is 97.7 cm³/mol. The van der Waals surface area contributed by atoms with Crippen LogP contribution >= 0.6 is 0 Å². The number of hydrogen-bond acceptors (Lipinski definition) is 4. The molecule has 1 fully saturated rings. The van der Waals surface area contributed by atoms with Crippen LogP contribution in [-0.4, -0.2) is 30.2 Å². The Morgan fingerprint density at radius 2 is 1.92 bits per heavy atom. The number of para-hydroxylation sites is 1. The molecule has 6 heteroatoms. The molecule has 6 nitrogen and oxygen atoms in total. The third-order valence-corrected chi connectivity index (χ3v) is 3.85. The SMILES string of the molecule is COc1cc(/C=C/C(=O)Nc2ccccc2C(=O)O)ccc1OC1CC1. The number of carboxylic acid groups (broad SMARTS) is 1. The Balaban J connectivity index is 1.69. The number of benzene rings is 2. The van der Waals surface area contributed by atoms with Crippen molar-refractivity contribution in [1.82, 2.24) is 0 Å². The molecule has 0 atom stereocenters. The van der Waals surface area contributed by atoms with Crippen LogP contribution in [0, 0.1) is 0 Å². The largest absolute Gasteiger partial charge is 0.493 e. The van der Waals surface area contributed by atoms with Crippen LogP contribution in [0.25, 0.3) is 6.08 Å². The van der Waals surface area contributed by atoms with Gasteiger partial charge in [-0.25, -0.2) is 4.79 Å². The first kappa shape index (κ1) is 17.5. The Hall–Kier alpha value is -3.28. The molecule has 0 aliphatic heterocycles. The molecule has 1 saturated carbocycles. The number of ether oxygens (including phenoxy) is 2. The van der Waals surface area contributed by atoms with Crippen LogP contribution in [0.5, 0.6) is 11.5 Å². The van der Waals surface area contributed by atoms with Crippen LogP contribution in [0.2, 0.25) is 0 Å². The lowest BCUT2D eigenvalue weighted by atomic mass is 10.1. The van der Waals surface area contributed by atoms with Gasteiger partial charge < -0.3 is 19.9 Å². The highest BCUT2D eigenvalue weighted by Crippen LogP contribution is 2.34. The van der Waals surface area contributed by atoms with Gasteiger partial charge in [0.2, 0.25) is 5.91 Å². The molecule has 1 amide bonds. The van der Waals surface area contributed by atoms with Gasteiger partial charge in [-0.05, 0) is 48.7 Å². The van der Waals surface area contributed by atoms with E-state index < -0.39 is 11.9 Å². The number of anilines is 1. The van der Waals surface area contributed by atoms with Crippen LogP contribution in [0.15, 0.2) is 48.5 Å². The van der Waals surface area contributed by atoms with E-state index in [1.165, 1.54) is 12.1 Å². The van der Waals surface area contributed by atoms with Gasteiger partial charge in [0, 0.05) is 6.08 Å². The third kappa shape index (κ3) is 4.42. The Labute approximate surface area is 151 Å². The van der Waals surface area contributed by atoms with E-state index in [1.54, 1.807) is 37.5 Å². The lowest BCUT2D eigenvalue weighted by Gasteiger charge is -2.10. The molecular formula is C20H19NO5. The van der Waals surface area contributed by atoms with Crippen molar-refractivity contribution in [3.8, 4) is 11.5 Å². The molecular weight excluding hydrogens is 334 g/mol. The summed E-state index contributed by atoms with van der Waals surface area (Å²) in [4.78, 5) is 23.3. The molecule has 1 aliphatic rings. The fourth-order valence-corrected chi connectivity index (χ4v) is 2.38. The molecule has 0 bridgehead atoms. The summed E-state index contributed by atoms with van der Waals surface area (Å²) >= 11 is 0. The van der Waals surface area contributed by atoms with E-state index in [1.807, 2.05) is 12.1 Å². The molecule has 2 N–H and O–H groups in total. The van der Waals surface area contributed by atoms with Gasteiger partial charge >= 0.3 is 5.97 Å². The van der Waals surface area contributed by atoms with Crippen molar-refractivity contribution in [1.29, 1.82) is 0 Å². The monoisotopic (exact) mass is 353 g/mol. The van der Waals surface area contributed by atoms with Gasteiger partial charge in [-0.2, -0.15) is 0 Å². The first-order valence-corrected chi connectivity index (χ1v) is 8.23. The molecule has 0 radical (unpaired) electrons. The summed E-state index contributed by atoms with van der Waals surface area (Å²) < 4.78 is 11.1. The summed E-state index contributed by atoms with van der Waals surface area (Å²) in [5.74, 6) is -0.223. The van der Waals surface area contributed by atoms with Gasteiger partial charge in [0.15, 0.2) is 11.5 Å². The standard InChI is InChI=1S/C20H19NO5/c1-25-18-12-13(6-10-17(18)26-14-8-9-14)7-11-19(22)21-16-5-3-2-4-15(16)20(23)24/h2-7,10-12,14H,8-9H2,1H3,(H,21,22)(H,23,24)/b11-7+. The zero-order valence-electron chi connectivity index (χ0n) is 14.3. The minimum atomic E-state index is -1.10. The molecule has 1 aliphatic carbocycles. The zero-order valence-corrected chi connectivity index (χ0v) is 14.3. The van der Waals surface area contributed by atoms with Gasteiger partial charge in [0.25, 0.3) is 0 Å². The van der Waals surface area contributed by atoms with Crippen molar-refractivity contribution in [3.05, 3.63) is 59.7 Å². The number of nitrogens with one attached hydrogen (secondary N) is 1. The second kappa shape index (κ2) is 7.74. The molecule has 26 heavy (non-hydrogen) atoms. The topological polar surface area (TPSA) is 84.9 Å². The summed E-state index contributed by atoms with van der Waals surface area (Å²) in [6.07, 6.45) is 5.35. The molecule has 134 valence electrons. The molecule has 2 aromatic rings. The Morgan fingerprint density at radius 1 is 1.15 bits per heavy atom. The first-order chi connectivity index (χ1) is 12.6. The van der Waals surface area contributed by atoms with Crippen LogP contribution in [0.3, 0.4) is 0 Å². The predicted octanol–water partition coefficient (Wildman–Crippen LogP) is 3.59. The minimum absolute atomic E-state index is 0.0393. The summed E-state index contributed by atoms with van der Waals surface area (Å²) in [5, 5.41) is 11.7.